The number of benzene rings is 1. The lowest BCUT2D eigenvalue weighted by Gasteiger charge is -2.13. The number of carboxylic acid groups (broad SMARTS) is 1. The minimum absolute atomic E-state index is 0.0766. The van der Waals surface area contributed by atoms with E-state index in [1.807, 2.05) is 0 Å². The van der Waals surface area contributed by atoms with E-state index in [0.717, 1.165) is 12.3 Å². The molecule has 1 aromatic rings. The van der Waals surface area contributed by atoms with Gasteiger partial charge in [0.2, 0.25) is 0 Å². The Morgan fingerprint density at radius 1 is 1.45 bits per heavy atom. The van der Waals surface area contributed by atoms with Gasteiger partial charge in [0.1, 0.15) is 4.90 Å². The number of nitrogens with zero attached hydrogens (tertiary/aromatic N) is 1. The van der Waals surface area contributed by atoms with E-state index in [0.29, 0.717) is 6.42 Å². The summed E-state index contributed by atoms with van der Waals surface area (Å²) in [6, 6.07) is 3.73. The first-order chi connectivity index (χ1) is 9.20. The number of rotatable bonds is 6. The van der Waals surface area contributed by atoms with Crippen molar-refractivity contribution in [1.29, 1.82) is 0 Å². The van der Waals surface area contributed by atoms with Crippen LogP contribution in [0.3, 0.4) is 0 Å². The zero-order chi connectivity index (χ0) is 15.5. The Bertz CT molecular complexity index is 637. The molecule has 0 radical (unpaired) electrons. The molecule has 0 aliphatic rings. The molecule has 0 heterocycles. The van der Waals surface area contributed by atoms with Gasteiger partial charge in [-0.3, -0.25) is 14.9 Å². The highest BCUT2D eigenvalue weighted by Gasteiger charge is 2.32. The lowest BCUT2D eigenvalue weighted by atomic mass is 9.93. The predicted octanol–water partition coefficient (Wildman–Crippen LogP) is 1.97. The number of nitro benzene ring substituents is 1. The van der Waals surface area contributed by atoms with Crippen LogP contribution in [0.2, 0.25) is 0 Å². The molecule has 1 atom stereocenters. The van der Waals surface area contributed by atoms with Crippen LogP contribution in [0.15, 0.2) is 23.1 Å². The van der Waals surface area contributed by atoms with E-state index in [4.69, 9.17) is 0 Å². The second kappa shape index (κ2) is 6.00. The molecule has 1 N–H and O–H groups in total. The lowest BCUT2D eigenvalue weighted by Crippen LogP contribution is -2.15. The summed E-state index contributed by atoms with van der Waals surface area (Å²) in [7, 11) is -3.81. The highest BCUT2D eigenvalue weighted by molar-refractivity contribution is 7.90. The average molecular weight is 301 g/mol. The summed E-state index contributed by atoms with van der Waals surface area (Å²) in [6.07, 6.45) is 1.56. The SMILES string of the molecule is CCCC(C(=O)O)c1cccc(S(C)(=O)=O)c1[N+](=O)[O-]. The normalized spacial score (nSPS) is 12.9. The Hall–Kier alpha value is -1.96. The van der Waals surface area contributed by atoms with Crippen molar-refractivity contribution in [3.8, 4) is 0 Å². The third kappa shape index (κ3) is 3.32. The number of sulfone groups is 1. The van der Waals surface area contributed by atoms with Crippen LogP contribution in [0, 0.1) is 10.1 Å². The fourth-order valence-corrected chi connectivity index (χ4v) is 2.89. The minimum Gasteiger partial charge on any atom is -0.481 e. The zero-order valence-electron chi connectivity index (χ0n) is 11.1. The van der Waals surface area contributed by atoms with Crippen LogP contribution in [-0.4, -0.2) is 30.7 Å². The molecule has 0 saturated heterocycles. The van der Waals surface area contributed by atoms with E-state index in [9.17, 15) is 28.4 Å². The molecule has 1 rings (SSSR count). The molecule has 0 aromatic heterocycles. The van der Waals surface area contributed by atoms with Crippen LogP contribution >= 0.6 is 0 Å². The molecule has 0 spiro atoms. The molecular formula is C12H15NO6S. The maximum Gasteiger partial charge on any atom is 0.311 e. The van der Waals surface area contributed by atoms with Gasteiger partial charge in [-0.2, -0.15) is 0 Å². The van der Waals surface area contributed by atoms with E-state index in [1.54, 1.807) is 6.92 Å². The van der Waals surface area contributed by atoms with Crippen LogP contribution in [0.5, 0.6) is 0 Å². The molecule has 0 bridgehead atoms. The maximum absolute atomic E-state index is 11.6. The maximum atomic E-state index is 11.6. The second-order valence-corrected chi connectivity index (χ2v) is 6.39. The van der Waals surface area contributed by atoms with Crippen LogP contribution in [0.25, 0.3) is 0 Å². The molecule has 1 aromatic carbocycles. The Labute approximate surface area is 116 Å². The van der Waals surface area contributed by atoms with Gasteiger partial charge in [0.15, 0.2) is 9.84 Å². The van der Waals surface area contributed by atoms with Crippen molar-refractivity contribution in [2.24, 2.45) is 0 Å². The highest BCUT2D eigenvalue weighted by atomic mass is 32.2. The van der Waals surface area contributed by atoms with Gasteiger partial charge < -0.3 is 5.11 Å². The zero-order valence-corrected chi connectivity index (χ0v) is 11.9. The van der Waals surface area contributed by atoms with Crippen molar-refractivity contribution >= 4 is 21.5 Å². The molecule has 110 valence electrons. The molecule has 0 aliphatic heterocycles. The number of nitro groups is 1. The highest BCUT2D eigenvalue weighted by Crippen LogP contribution is 2.35. The first kappa shape index (κ1) is 16.1. The molecule has 8 heteroatoms. The number of carboxylic acids is 1. The van der Waals surface area contributed by atoms with Crippen molar-refractivity contribution < 1.29 is 23.2 Å². The van der Waals surface area contributed by atoms with E-state index >= 15 is 0 Å². The first-order valence-corrected chi connectivity index (χ1v) is 7.79. The first-order valence-electron chi connectivity index (χ1n) is 5.90. The van der Waals surface area contributed by atoms with Crippen molar-refractivity contribution in [1.82, 2.24) is 0 Å². The number of hydrogen-bond acceptors (Lipinski definition) is 5. The lowest BCUT2D eigenvalue weighted by molar-refractivity contribution is -0.388. The van der Waals surface area contributed by atoms with Crippen molar-refractivity contribution in [3.05, 3.63) is 33.9 Å². The van der Waals surface area contributed by atoms with Crippen molar-refractivity contribution in [2.75, 3.05) is 6.26 Å². The standard InChI is InChI=1S/C12H15NO6S/c1-3-5-9(12(14)15)8-6-4-7-10(20(2,18)19)11(8)13(16)17/h4,6-7,9H,3,5H2,1-2H3,(H,14,15). The summed E-state index contributed by atoms with van der Waals surface area (Å²) in [4.78, 5) is 21.1. The van der Waals surface area contributed by atoms with Crippen molar-refractivity contribution in [2.45, 2.75) is 30.6 Å². The van der Waals surface area contributed by atoms with Crippen molar-refractivity contribution in [3.63, 3.8) is 0 Å². The second-order valence-electron chi connectivity index (χ2n) is 4.40. The average Bonchev–Trinajstić information content (AvgIpc) is 2.33. The molecule has 0 saturated carbocycles. The van der Waals surface area contributed by atoms with Gasteiger partial charge in [-0.15, -0.1) is 0 Å². The quantitative estimate of drug-likeness (QED) is 0.634. The van der Waals surface area contributed by atoms with Gasteiger partial charge in [-0.25, -0.2) is 8.42 Å². The van der Waals surface area contributed by atoms with Gasteiger partial charge in [-0.05, 0) is 12.5 Å². The Balaban J connectivity index is 3.63. The fraction of sp³-hybridized carbons (Fsp3) is 0.417. The molecule has 0 fully saturated rings. The molecule has 0 amide bonds. The third-order valence-electron chi connectivity index (χ3n) is 2.86. The van der Waals surface area contributed by atoms with E-state index in [2.05, 4.69) is 0 Å². The molecule has 1 unspecified atom stereocenters. The monoisotopic (exact) mass is 301 g/mol. The number of para-hydroxylation sites is 1. The Morgan fingerprint density at radius 2 is 2.05 bits per heavy atom. The molecule has 20 heavy (non-hydrogen) atoms. The van der Waals surface area contributed by atoms with Crippen LogP contribution in [0.4, 0.5) is 5.69 Å². The Morgan fingerprint density at radius 3 is 2.45 bits per heavy atom. The molecule has 7 nitrogen and oxygen atoms in total. The number of carbonyl (C=O) groups is 1. The van der Waals surface area contributed by atoms with Crippen LogP contribution in [-0.2, 0) is 14.6 Å². The summed E-state index contributed by atoms with van der Waals surface area (Å²) >= 11 is 0. The number of hydrogen-bond donors (Lipinski definition) is 1. The third-order valence-corrected chi connectivity index (χ3v) is 3.99. The molecule has 0 aliphatic carbocycles. The molecular weight excluding hydrogens is 286 g/mol. The van der Waals surface area contributed by atoms with E-state index < -0.39 is 37.2 Å². The van der Waals surface area contributed by atoms with Crippen LogP contribution < -0.4 is 0 Å². The summed E-state index contributed by atoms with van der Waals surface area (Å²) in [5, 5.41) is 20.4. The number of aliphatic carboxylic acids is 1. The van der Waals surface area contributed by atoms with Gasteiger partial charge >= 0.3 is 5.97 Å². The Kier molecular flexibility index (Phi) is 4.83. The smallest absolute Gasteiger partial charge is 0.311 e. The summed E-state index contributed by atoms with van der Waals surface area (Å²) in [5.41, 5.74) is -0.719. The topological polar surface area (TPSA) is 115 Å². The van der Waals surface area contributed by atoms with Gasteiger partial charge in [0, 0.05) is 11.8 Å². The summed E-state index contributed by atoms with van der Waals surface area (Å²) < 4.78 is 23.2. The van der Waals surface area contributed by atoms with Crippen LogP contribution in [0.1, 0.15) is 31.2 Å². The summed E-state index contributed by atoms with van der Waals surface area (Å²) in [6.45, 7) is 1.75. The fourth-order valence-electron chi connectivity index (χ4n) is 2.02. The largest absolute Gasteiger partial charge is 0.481 e. The van der Waals surface area contributed by atoms with E-state index in [1.165, 1.54) is 12.1 Å². The van der Waals surface area contributed by atoms with Gasteiger partial charge in [0.05, 0.1) is 10.8 Å². The van der Waals surface area contributed by atoms with Gasteiger partial charge in [-0.1, -0.05) is 25.5 Å². The predicted molar refractivity (Wildman–Crippen MR) is 71.5 cm³/mol. The minimum atomic E-state index is -3.81. The van der Waals surface area contributed by atoms with Gasteiger partial charge in [0.25, 0.3) is 5.69 Å². The summed E-state index contributed by atoms with van der Waals surface area (Å²) in [5.74, 6) is -2.30. The van der Waals surface area contributed by atoms with E-state index in [-0.39, 0.29) is 12.0 Å².